The molecule has 1 atom stereocenters. The molecule has 1 heterocycles. The first-order valence-electron chi connectivity index (χ1n) is 4.81. The number of halogens is 1. The maximum Gasteiger partial charge on any atom is 0.153 e. The van der Waals surface area contributed by atoms with Gasteiger partial charge in [0, 0.05) is 13.3 Å². The van der Waals surface area contributed by atoms with Crippen LogP contribution in [0, 0.1) is 0 Å². The topological polar surface area (TPSA) is 76.9 Å². The van der Waals surface area contributed by atoms with Crippen LogP contribution in [0.4, 0.5) is 0 Å². The van der Waals surface area contributed by atoms with Crippen molar-refractivity contribution in [2.45, 2.75) is 13.0 Å². The van der Waals surface area contributed by atoms with E-state index >= 15 is 0 Å². The first-order chi connectivity index (χ1) is 7.35. The lowest BCUT2D eigenvalue weighted by Crippen LogP contribution is -2.29. The van der Waals surface area contributed by atoms with E-state index in [1.54, 1.807) is 11.7 Å². The zero-order chi connectivity index (χ0) is 12.3. The minimum Gasteiger partial charge on any atom is -0.308 e. The van der Waals surface area contributed by atoms with Gasteiger partial charge in [-0.05, 0) is 22.5 Å². The third-order valence-electron chi connectivity index (χ3n) is 2.08. The van der Waals surface area contributed by atoms with E-state index in [4.69, 9.17) is 0 Å². The van der Waals surface area contributed by atoms with Crippen molar-refractivity contribution in [1.29, 1.82) is 0 Å². The molecule has 1 N–H and O–H groups in total. The summed E-state index contributed by atoms with van der Waals surface area (Å²) < 4.78 is 24.8. The number of hydrogen-bond acceptors (Lipinski definition) is 5. The fourth-order valence-corrected chi connectivity index (χ4v) is 2.98. The number of nitrogens with zero attached hydrogens (tertiary/aromatic N) is 3. The van der Waals surface area contributed by atoms with Crippen molar-refractivity contribution in [3.05, 3.63) is 10.3 Å². The maximum atomic E-state index is 11.3. The Morgan fingerprint density at radius 3 is 2.56 bits per heavy atom. The summed E-state index contributed by atoms with van der Waals surface area (Å²) in [5.41, 5.74) is 0.743. The molecule has 0 aliphatic heterocycles. The summed E-state index contributed by atoms with van der Waals surface area (Å²) in [7, 11) is -1.32. The molecule has 6 nitrogen and oxygen atoms in total. The Hall–Kier alpha value is -0.470. The molecule has 0 saturated heterocycles. The second-order valence-corrected chi connectivity index (χ2v) is 6.53. The van der Waals surface area contributed by atoms with Gasteiger partial charge in [-0.25, -0.2) is 13.1 Å². The fourth-order valence-electron chi connectivity index (χ4n) is 1.49. The van der Waals surface area contributed by atoms with Crippen molar-refractivity contribution < 1.29 is 8.42 Å². The molecule has 0 saturated carbocycles. The lowest BCUT2D eigenvalue weighted by atomic mass is 10.2. The average molecular weight is 311 g/mol. The molecule has 92 valence electrons. The quantitative estimate of drug-likeness (QED) is 0.845. The molecule has 8 heteroatoms. The van der Waals surface area contributed by atoms with Gasteiger partial charge in [0.1, 0.15) is 9.84 Å². The van der Waals surface area contributed by atoms with E-state index in [0.717, 1.165) is 5.69 Å². The second-order valence-electron chi connectivity index (χ2n) is 3.59. The van der Waals surface area contributed by atoms with Crippen molar-refractivity contribution >= 4 is 25.8 Å². The molecule has 0 amide bonds. The Kier molecular flexibility index (Phi) is 4.45. The van der Waals surface area contributed by atoms with Gasteiger partial charge in [-0.15, -0.1) is 5.10 Å². The van der Waals surface area contributed by atoms with Crippen LogP contribution in [0.1, 0.15) is 18.7 Å². The number of sulfone groups is 1. The van der Waals surface area contributed by atoms with E-state index in [0.29, 0.717) is 11.1 Å². The highest BCUT2D eigenvalue weighted by atomic mass is 79.9. The summed E-state index contributed by atoms with van der Waals surface area (Å²) >= 11 is 3.27. The van der Waals surface area contributed by atoms with E-state index in [1.807, 2.05) is 6.92 Å². The highest BCUT2D eigenvalue weighted by Gasteiger charge is 2.23. The summed E-state index contributed by atoms with van der Waals surface area (Å²) in [5.74, 6) is 0.0284. The van der Waals surface area contributed by atoms with Crippen LogP contribution < -0.4 is 5.32 Å². The van der Waals surface area contributed by atoms with Gasteiger partial charge < -0.3 is 5.32 Å². The zero-order valence-corrected chi connectivity index (χ0v) is 11.8. The third-order valence-corrected chi connectivity index (χ3v) is 3.58. The number of hydrogen-bond donors (Lipinski definition) is 1. The van der Waals surface area contributed by atoms with Crippen LogP contribution in [-0.4, -0.2) is 42.0 Å². The van der Waals surface area contributed by atoms with Crippen molar-refractivity contribution in [3.63, 3.8) is 0 Å². The summed E-state index contributed by atoms with van der Waals surface area (Å²) in [5, 5.41) is 10.8. The first kappa shape index (κ1) is 13.6. The third kappa shape index (κ3) is 3.53. The molecule has 0 bridgehead atoms. The zero-order valence-electron chi connectivity index (χ0n) is 9.44. The van der Waals surface area contributed by atoms with E-state index in [9.17, 15) is 8.42 Å². The molecule has 0 aliphatic carbocycles. The smallest absolute Gasteiger partial charge is 0.153 e. The van der Waals surface area contributed by atoms with Crippen LogP contribution in [0.25, 0.3) is 0 Å². The highest BCUT2D eigenvalue weighted by Crippen LogP contribution is 2.21. The van der Waals surface area contributed by atoms with Gasteiger partial charge in [0.25, 0.3) is 0 Å². The Morgan fingerprint density at radius 1 is 1.56 bits per heavy atom. The van der Waals surface area contributed by atoms with Crippen LogP contribution in [0.2, 0.25) is 0 Å². The van der Waals surface area contributed by atoms with Gasteiger partial charge in [-0.3, -0.25) is 0 Å². The van der Waals surface area contributed by atoms with E-state index in [1.165, 1.54) is 6.26 Å². The number of aromatic nitrogens is 3. The molecule has 0 fully saturated rings. The lowest BCUT2D eigenvalue weighted by Gasteiger charge is -2.16. The van der Waals surface area contributed by atoms with Gasteiger partial charge >= 0.3 is 0 Å². The molecule has 1 unspecified atom stereocenters. The minimum atomic E-state index is -3.06. The molecule has 0 aromatic carbocycles. The van der Waals surface area contributed by atoms with Gasteiger partial charge in [-0.1, -0.05) is 12.1 Å². The predicted molar refractivity (Wildman–Crippen MR) is 64.8 cm³/mol. The van der Waals surface area contributed by atoms with Crippen LogP contribution in [0.3, 0.4) is 0 Å². The lowest BCUT2D eigenvalue weighted by molar-refractivity contribution is 0.529. The molecule has 1 aromatic rings. The van der Waals surface area contributed by atoms with Crippen LogP contribution in [-0.2, 0) is 16.9 Å². The van der Waals surface area contributed by atoms with Crippen molar-refractivity contribution in [3.8, 4) is 0 Å². The van der Waals surface area contributed by atoms with E-state index < -0.39 is 9.84 Å². The van der Waals surface area contributed by atoms with Gasteiger partial charge in [0.2, 0.25) is 0 Å². The van der Waals surface area contributed by atoms with Crippen LogP contribution in [0.5, 0.6) is 0 Å². The number of aryl methyl sites for hydroxylation is 1. The molecule has 0 aliphatic rings. The Balaban J connectivity index is 3.03. The minimum absolute atomic E-state index is 0.0284. The van der Waals surface area contributed by atoms with Crippen molar-refractivity contribution in [2.75, 3.05) is 18.6 Å². The van der Waals surface area contributed by atoms with Gasteiger partial charge in [0.15, 0.2) is 4.60 Å². The van der Waals surface area contributed by atoms with Gasteiger partial charge in [0.05, 0.1) is 17.5 Å². The highest BCUT2D eigenvalue weighted by molar-refractivity contribution is 9.10. The van der Waals surface area contributed by atoms with Crippen LogP contribution >= 0.6 is 15.9 Å². The second kappa shape index (κ2) is 5.24. The molecular formula is C8H15BrN4O2S. The van der Waals surface area contributed by atoms with Crippen molar-refractivity contribution in [1.82, 2.24) is 20.3 Å². The number of rotatable bonds is 5. The van der Waals surface area contributed by atoms with Crippen LogP contribution in [0.15, 0.2) is 4.60 Å². The first-order valence-corrected chi connectivity index (χ1v) is 7.66. The Labute approximate surface area is 103 Å². The van der Waals surface area contributed by atoms with E-state index in [2.05, 4.69) is 31.6 Å². The average Bonchev–Trinajstić information content (AvgIpc) is 2.43. The summed E-state index contributed by atoms with van der Waals surface area (Å²) in [4.78, 5) is 0. The normalized spacial score (nSPS) is 14.0. The largest absolute Gasteiger partial charge is 0.308 e. The van der Waals surface area contributed by atoms with Crippen molar-refractivity contribution in [2.24, 2.45) is 7.05 Å². The van der Waals surface area contributed by atoms with E-state index in [-0.39, 0.29) is 11.8 Å². The monoisotopic (exact) mass is 310 g/mol. The number of nitrogens with one attached hydrogen (secondary N) is 1. The molecule has 1 rings (SSSR count). The molecule has 16 heavy (non-hydrogen) atoms. The molecular weight excluding hydrogens is 296 g/mol. The fraction of sp³-hybridized carbons (Fsp3) is 0.750. The summed E-state index contributed by atoms with van der Waals surface area (Å²) in [6, 6.07) is -0.297. The summed E-state index contributed by atoms with van der Waals surface area (Å²) in [6.07, 6.45) is 1.22. The molecule has 0 radical (unpaired) electrons. The standard InChI is InChI=1S/C8H15BrN4O2S/c1-4-10-6(5-16(3,14)15)7-8(9)11-12-13(7)2/h6,10H,4-5H2,1-3H3. The predicted octanol–water partition coefficient (Wildman–Crippen LogP) is 0.273. The summed E-state index contributed by atoms with van der Waals surface area (Å²) in [6.45, 7) is 2.60. The SMILES string of the molecule is CCNC(CS(C)(=O)=O)c1c(Br)nnn1C. The Morgan fingerprint density at radius 2 is 2.19 bits per heavy atom. The molecule has 0 spiro atoms. The Bertz CT molecular complexity index is 437. The molecule has 1 aromatic heterocycles. The van der Waals surface area contributed by atoms with Gasteiger partial charge in [-0.2, -0.15) is 0 Å². The maximum absolute atomic E-state index is 11.3.